The summed E-state index contributed by atoms with van der Waals surface area (Å²) in [6.45, 7) is 0. The molecule has 2 heterocycles. The highest BCUT2D eigenvalue weighted by atomic mass is 16.6. The van der Waals surface area contributed by atoms with E-state index in [1.165, 1.54) is 12.1 Å². The van der Waals surface area contributed by atoms with Crippen molar-refractivity contribution >= 4 is 16.6 Å². The Labute approximate surface area is 120 Å². The zero-order valence-electron chi connectivity index (χ0n) is 11.1. The van der Waals surface area contributed by atoms with Gasteiger partial charge in [-0.15, -0.1) is 0 Å². The highest BCUT2D eigenvalue weighted by Gasteiger charge is 2.07. The van der Waals surface area contributed by atoms with Crippen molar-refractivity contribution in [2.24, 2.45) is 0 Å². The molecule has 0 fully saturated rings. The van der Waals surface area contributed by atoms with Crippen molar-refractivity contribution in [2.75, 3.05) is 0 Å². The molecule has 0 aliphatic heterocycles. The van der Waals surface area contributed by atoms with E-state index in [1.54, 1.807) is 24.7 Å². The number of benzene rings is 1. The fraction of sp³-hybridized carbons (Fsp3) is 0.133. The molecule has 0 bridgehead atoms. The first-order chi connectivity index (χ1) is 10.2. The Hall–Kier alpha value is -2.89. The summed E-state index contributed by atoms with van der Waals surface area (Å²) in [6, 6.07) is 8.44. The predicted molar refractivity (Wildman–Crippen MR) is 77.8 cm³/mol. The third-order valence-corrected chi connectivity index (χ3v) is 3.20. The summed E-state index contributed by atoms with van der Waals surface area (Å²) >= 11 is 0. The van der Waals surface area contributed by atoms with E-state index >= 15 is 0 Å². The van der Waals surface area contributed by atoms with Crippen LogP contribution in [-0.2, 0) is 12.8 Å². The van der Waals surface area contributed by atoms with Gasteiger partial charge in [-0.1, -0.05) is 6.07 Å². The first-order valence-corrected chi connectivity index (χ1v) is 6.51. The van der Waals surface area contributed by atoms with E-state index in [0.717, 1.165) is 35.1 Å². The molecule has 6 heteroatoms. The number of non-ortho nitro benzene ring substituents is 1. The Kier molecular flexibility index (Phi) is 3.51. The number of hydrogen-bond donors (Lipinski definition) is 0. The number of fused-ring (bicyclic) bond motifs is 1. The minimum absolute atomic E-state index is 0.0802. The highest BCUT2D eigenvalue weighted by molar-refractivity contribution is 5.81. The topological polar surface area (TPSA) is 81.8 Å². The number of aromatic nitrogens is 3. The summed E-state index contributed by atoms with van der Waals surface area (Å²) in [4.78, 5) is 23.1. The smallest absolute Gasteiger partial charge is 0.261 e. The lowest BCUT2D eigenvalue weighted by molar-refractivity contribution is -0.384. The number of hydrogen-bond acceptors (Lipinski definition) is 5. The van der Waals surface area contributed by atoms with Crippen molar-refractivity contribution in [1.29, 1.82) is 0 Å². The number of nitro benzene ring substituents is 1. The molecular weight excluding hydrogens is 268 g/mol. The number of nitrogens with zero attached hydrogens (tertiary/aromatic N) is 4. The molecule has 0 saturated carbocycles. The first kappa shape index (κ1) is 13.1. The van der Waals surface area contributed by atoms with Gasteiger partial charge in [0.25, 0.3) is 5.69 Å². The fourth-order valence-corrected chi connectivity index (χ4v) is 2.12. The van der Waals surface area contributed by atoms with Crippen LogP contribution in [0.3, 0.4) is 0 Å². The molecule has 0 amide bonds. The summed E-state index contributed by atoms with van der Waals surface area (Å²) < 4.78 is 0. The molecule has 0 spiro atoms. The zero-order valence-corrected chi connectivity index (χ0v) is 11.1. The quantitative estimate of drug-likeness (QED) is 0.542. The lowest BCUT2D eigenvalue weighted by Gasteiger charge is -2.03. The van der Waals surface area contributed by atoms with Crippen molar-refractivity contribution in [3.05, 3.63) is 70.4 Å². The van der Waals surface area contributed by atoms with Crippen LogP contribution in [0.25, 0.3) is 10.9 Å². The third-order valence-electron chi connectivity index (χ3n) is 3.20. The molecule has 0 aliphatic rings. The zero-order chi connectivity index (χ0) is 14.7. The van der Waals surface area contributed by atoms with Crippen LogP contribution in [-0.4, -0.2) is 19.9 Å². The summed E-state index contributed by atoms with van der Waals surface area (Å²) in [5.74, 6) is 0. The van der Waals surface area contributed by atoms with Crippen LogP contribution in [0.4, 0.5) is 5.69 Å². The molecular formula is C15H12N4O2. The molecule has 0 atom stereocenters. The second-order valence-electron chi connectivity index (χ2n) is 4.63. The maximum atomic E-state index is 10.7. The maximum absolute atomic E-state index is 10.7. The summed E-state index contributed by atoms with van der Waals surface area (Å²) in [5, 5.41) is 11.5. The molecule has 0 aliphatic carbocycles. The van der Waals surface area contributed by atoms with Gasteiger partial charge in [-0.25, -0.2) is 0 Å². The van der Waals surface area contributed by atoms with E-state index in [0.29, 0.717) is 0 Å². The van der Waals surface area contributed by atoms with Gasteiger partial charge in [-0.2, -0.15) is 0 Å². The minimum atomic E-state index is -0.401. The van der Waals surface area contributed by atoms with Gasteiger partial charge in [0.05, 0.1) is 16.1 Å². The predicted octanol–water partition coefficient (Wildman–Crippen LogP) is 2.72. The fourth-order valence-electron chi connectivity index (χ4n) is 2.12. The Morgan fingerprint density at radius 1 is 1.05 bits per heavy atom. The molecule has 0 saturated heterocycles. The normalized spacial score (nSPS) is 10.7. The first-order valence-electron chi connectivity index (χ1n) is 6.51. The largest absolute Gasteiger partial charge is 0.270 e. The molecule has 3 rings (SSSR count). The van der Waals surface area contributed by atoms with Crippen molar-refractivity contribution in [3.63, 3.8) is 0 Å². The van der Waals surface area contributed by atoms with E-state index in [4.69, 9.17) is 0 Å². The SMILES string of the molecule is O=[N+]([O-])c1ccc2nc(CCc3cnccn3)ccc2c1. The van der Waals surface area contributed by atoms with Crippen LogP contribution in [0, 0.1) is 10.1 Å². The second-order valence-corrected chi connectivity index (χ2v) is 4.63. The standard InChI is InChI=1S/C15H12N4O2/c20-19(21)14-5-6-15-11(9-14)1-2-12(18-15)3-4-13-10-16-7-8-17-13/h1-2,5-10H,3-4H2. The van der Waals surface area contributed by atoms with Crippen molar-refractivity contribution in [1.82, 2.24) is 15.0 Å². The number of nitro groups is 1. The maximum Gasteiger partial charge on any atom is 0.270 e. The van der Waals surface area contributed by atoms with Crippen molar-refractivity contribution < 1.29 is 4.92 Å². The second kappa shape index (κ2) is 5.62. The van der Waals surface area contributed by atoms with Gasteiger partial charge in [0.2, 0.25) is 0 Å². The Morgan fingerprint density at radius 3 is 2.67 bits per heavy atom. The monoisotopic (exact) mass is 280 g/mol. The number of pyridine rings is 1. The van der Waals surface area contributed by atoms with E-state index in [1.807, 2.05) is 12.1 Å². The molecule has 3 aromatic rings. The molecule has 0 N–H and O–H groups in total. The molecule has 21 heavy (non-hydrogen) atoms. The lowest BCUT2D eigenvalue weighted by Crippen LogP contribution is -1.97. The van der Waals surface area contributed by atoms with Gasteiger partial charge in [0, 0.05) is 41.8 Å². The van der Waals surface area contributed by atoms with Gasteiger partial charge in [-0.3, -0.25) is 25.1 Å². The molecule has 104 valence electrons. The van der Waals surface area contributed by atoms with Gasteiger partial charge in [0.1, 0.15) is 0 Å². The highest BCUT2D eigenvalue weighted by Crippen LogP contribution is 2.20. The minimum Gasteiger partial charge on any atom is -0.261 e. The van der Waals surface area contributed by atoms with Crippen LogP contribution in [0.5, 0.6) is 0 Å². The Balaban J connectivity index is 1.81. The number of aryl methyl sites for hydroxylation is 2. The molecule has 2 aromatic heterocycles. The van der Waals surface area contributed by atoms with Crippen molar-refractivity contribution in [2.45, 2.75) is 12.8 Å². The van der Waals surface area contributed by atoms with E-state index in [-0.39, 0.29) is 5.69 Å². The van der Waals surface area contributed by atoms with Crippen molar-refractivity contribution in [3.8, 4) is 0 Å². The summed E-state index contributed by atoms with van der Waals surface area (Å²) in [5.41, 5.74) is 2.69. The van der Waals surface area contributed by atoms with Crippen LogP contribution < -0.4 is 0 Å². The summed E-state index contributed by atoms with van der Waals surface area (Å²) in [7, 11) is 0. The van der Waals surface area contributed by atoms with Gasteiger partial charge in [-0.05, 0) is 25.0 Å². The average Bonchev–Trinajstić information content (AvgIpc) is 2.53. The lowest BCUT2D eigenvalue weighted by atomic mass is 10.1. The molecule has 0 unspecified atom stereocenters. The van der Waals surface area contributed by atoms with Gasteiger partial charge < -0.3 is 0 Å². The van der Waals surface area contributed by atoms with Gasteiger partial charge >= 0.3 is 0 Å². The molecule has 1 aromatic carbocycles. The molecule has 0 radical (unpaired) electrons. The van der Waals surface area contributed by atoms with Crippen LogP contribution in [0.1, 0.15) is 11.4 Å². The van der Waals surface area contributed by atoms with Crippen LogP contribution in [0.15, 0.2) is 48.9 Å². The van der Waals surface area contributed by atoms with Crippen LogP contribution in [0.2, 0.25) is 0 Å². The Morgan fingerprint density at radius 2 is 1.90 bits per heavy atom. The third kappa shape index (κ3) is 3.00. The number of rotatable bonds is 4. The Bertz CT molecular complexity index is 790. The van der Waals surface area contributed by atoms with E-state index in [2.05, 4.69) is 15.0 Å². The summed E-state index contributed by atoms with van der Waals surface area (Å²) in [6.07, 6.45) is 6.57. The average molecular weight is 280 g/mol. The van der Waals surface area contributed by atoms with Crippen LogP contribution >= 0.6 is 0 Å². The molecule has 6 nitrogen and oxygen atoms in total. The van der Waals surface area contributed by atoms with E-state index < -0.39 is 4.92 Å². The van der Waals surface area contributed by atoms with Gasteiger partial charge in [0.15, 0.2) is 0 Å². The van der Waals surface area contributed by atoms with E-state index in [9.17, 15) is 10.1 Å².